The number of carbonyl (C=O) groups excluding carboxylic acids is 2. The Kier molecular flexibility index (Phi) is 15.4. The Hall–Kier alpha value is -8.76. The van der Waals surface area contributed by atoms with Crippen molar-refractivity contribution in [1.82, 2.24) is 24.8 Å². The lowest BCUT2D eigenvalue weighted by Gasteiger charge is -2.14. The molecule has 6 aromatic rings. The van der Waals surface area contributed by atoms with Crippen molar-refractivity contribution < 1.29 is 42.7 Å². The van der Waals surface area contributed by atoms with Crippen LogP contribution in [0, 0.1) is 22.7 Å². The molecule has 16 nitrogen and oxygen atoms in total. The van der Waals surface area contributed by atoms with Gasteiger partial charge in [0.15, 0.2) is 0 Å². The van der Waals surface area contributed by atoms with Gasteiger partial charge in [-0.1, -0.05) is 60.7 Å². The Morgan fingerprint density at radius 3 is 1.30 bits per heavy atom. The van der Waals surface area contributed by atoms with E-state index in [0.29, 0.717) is 50.8 Å². The first kappa shape index (κ1) is 43.4. The third-order valence-corrected chi connectivity index (χ3v) is 7.90. The number of benzene rings is 4. The van der Waals surface area contributed by atoms with Crippen LogP contribution in [0.3, 0.4) is 0 Å². The van der Waals surface area contributed by atoms with E-state index in [1.54, 1.807) is 122 Å². The highest BCUT2D eigenvalue weighted by molar-refractivity contribution is 6.17. The maximum atomic E-state index is 12.3. The van der Waals surface area contributed by atoms with Crippen LogP contribution < -0.4 is 18.9 Å². The number of hydrogen-bond acceptors (Lipinski definition) is 16. The summed E-state index contributed by atoms with van der Waals surface area (Å²) in [6.07, 6.45) is 5.50. The molecule has 0 saturated carbocycles. The smallest absolute Gasteiger partial charge is 0.341 e. The molecule has 0 amide bonds. The molecule has 306 valence electrons. The van der Waals surface area contributed by atoms with Gasteiger partial charge < -0.3 is 38.1 Å². The molecular weight excluding hydrogens is 783 g/mol. The first-order valence-corrected chi connectivity index (χ1v) is 18.0. The van der Waals surface area contributed by atoms with Gasteiger partial charge in [0.1, 0.15) is 53.4 Å². The highest BCUT2D eigenvalue weighted by Gasteiger charge is 2.20. The van der Waals surface area contributed by atoms with E-state index in [9.17, 15) is 20.1 Å². The van der Waals surface area contributed by atoms with Gasteiger partial charge in [-0.2, -0.15) is 10.5 Å². The Morgan fingerprint density at radius 1 is 0.541 bits per heavy atom. The lowest BCUT2D eigenvalue weighted by molar-refractivity contribution is -0.134. The van der Waals surface area contributed by atoms with Gasteiger partial charge in [-0.25, -0.2) is 29.5 Å². The van der Waals surface area contributed by atoms with Crippen LogP contribution in [0.4, 0.5) is 0 Å². The first-order valence-electron chi connectivity index (χ1n) is 18.0. The Labute approximate surface area is 351 Å². The second-order valence-electron chi connectivity index (χ2n) is 12.3. The molecule has 0 unspecified atom stereocenters. The van der Waals surface area contributed by atoms with E-state index in [2.05, 4.69) is 32.1 Å². The first-order chi connectivity index (χ1) is 29.7. The number of aromatic nitrogens is 4. The molecule has 0 aliphatic carbocycles. The predicted molar refractivity (Wildman–Crippen MR) is 220 cm³/mol. The molecule has 2 heterocycles. The molecule has 0 aliphatic rings. The van der Waals surface area contributed by atoms with Gasteiger partial charge in [-0.05, 0) is 36.4 Å². The maximum Gasteiger partial charge on any atom is 0.341 e. The number of methoxy groups -OCH3 is 3. The standard InChI is InChI=1S/C23H20N4O4.C22H17N3O5/c1-27(2)14-18(23(28)29-3)17-9-5-7-11-20(17)31-22-12-21(25-15-26-22)30-19-10-6-4-8-16(19)13-24;1-27-13-17(22(26)28-2)16-8-4-6-10-19(16)30-21-11-20(24-14-25-21)29-18-9-5-3-7-15(18)12-23/h4-12,14-15H,1-3H3;3-11,13-14H,1-2H3/b18-14-;17-13+. The van der Waals surface area contributed by atoms with Gasteiger partial charge in [-0.3, -0.25) is 0 Å². The highest BCUT2D eigenvalue weighted by atomic mass is 16.5. The van der Waals surface area contributed by atoms with Crippen LogP contribution >= 0.6 is 0 Å². The van der Waals surface area contributed by atoms with E-state index in [-0.39, 0.29) is 29.1 Å². The minimum atomic E-state index is -0.576. The summed E-state index contributed by atoms with van der Waals surface area (Å²) in [7, 11) is 7.64. The normalized spacial score (nSPS) is 10.7. The molecule has 0 radical (unpaired) electrons. The average molecular weight is 820 g/mol. The van der Waals surface area contributed by atoms with Gasteiger partial charge in [0, 0.05) is 31.4 Å². The summed E-state index contributed by atoms with van der Waals surface area (Å²) in [5, 5.41) is 18.4. The minimum Gasteiger partial charge on any atom is -0.503 e. The topological polar surface area (TPSA) is 201 Å². The van der Waals surface area contributed by atoms with Crippen LogP contribution in [-0.4, -0.2) is 72.2 Å². The van der Waals surface area contributed by atoms with Gasteiger partial charge in [0.25, 0.3) is 0 Å². The van der Waals surface area contributed by atoms with Crippen molar-refractivity contribution in [1.29, 1.82) is 10.5 Å². The van der Waals surface area contributed by atoms with Crippen molar-refractivity contribution >= 4 is 23.1 Å². The summed E-state index contributed by atoms with van der Waals surface area (Å²) in [5.41, 5.74) is 2.27. The van der Waals surface area contributed by atoms with Crippen LogP contribution in [0.2, 0.25) is 0 Å². The molecule has 0 aliphatic heterocycles. The molecule has 61 heavy (non-hydrogen) atoms. The molecule has 16 heteroatoms. The van der Waals surface area contributed by atoms with Crippen molar-refractivity contribution in [3.8, 4) is 58.7 Å². The maximum absolute atomic E-state index is 12.3. The monoisotopic (exact) mass is 819 g/mol. The highest BCUT2D eigenvalue weighted by Crippen LogP contribution is 2.34. The summed E-state index contributed by atoms with van der Waals surface area (Å²) in [6.45, 7) is 0. The Morgan fingerprint density at radius 2 is 0.902 bits per heavy atom. The number of esters is 2. The molecule has 0 spiro atoms. The van der Waals surface area contributed by atoms with E-state index in [0.717, 1.165) is 0 Å². The number of nitrogens with zero attached hydrogens (tertiary/aromatic N) is 7. The minimum absolute atomic E-state index is 0.184. The number of nitriles is 2. The van der Waals surface area contributed by atoms with Crippen LogP contribution in [0.1, 0.15) is 22.3 Å². The van der Waals surface area contributed by atoms with Crippen molar-refractivity contribution in [2.75, 3.05) is 35.4 Å². The number of para-hydroxylation sites is 4. The molecule has 0 atom stereocenters. The lowest BCUT2D eigenvalue weighted by Crippen LogP contribution is -2.10. The van der Waals surface area contributed by atoms with Crippen molar-refractivity contribution in [2.24, 2.45) is 0 Å². The number of ether oxygens (including phenoxy) is 7. The fourth-order valence-electron chi connectivity index (χ4n) is 5.22. The number of carbonyl (C=O) groups is 2. The fourth-order valence-corrected chi connectivity index (χ4v) is 5.22. The zero-order valence-corrected chi connectivity index (χ0v) is 33.5. The van der Waals surface area contributed by atoms with E-state index in [1.165, 1.54) is 52.4 Å². The molecule has 2 aromatic heterocycles. The second kappa shape index (κ2) is 21.7. The average Bonchev–Trinajstić information content (AvgIpc) is 3.28. The largest absolute Gasteiger partial charge is 0.503 e. The lowest BCUT2D eigenvalue weighted by atomic mass is 10.1. The van der Waals surface area contributed by atoms with Crippen LogP contribution in [-0.2, 0) is 23.8 Å². The van der Waals surface area contributed by atoms with Crippen molar-refractivity contribution in [2.45, 2.75) is 0 Å². The number of hydrogen-bond donors (Lipinski definition) is 0. The SMILES string of the molecule is CO/C=C(/C(=O)OC)c1ccccc1Oc1cc(Oc2ccccc2C#N)ncn1.COC(=O)/C(=C\N(C)C)c1ccccc1Oc1cc(Oc2ccccc2C#N)ncn1. The third kappa shape index (κ3) is 11.9. The molecule has 0 saturated heterocycles. The van der Waals surface area contributed by atoms with Gasteiger partial charge in [-0.15, -0.1) is 0 Å². The quantitative estimate of drug-likeness (QED) is 0.0579. The zero-order valence-electron chi connectivity index (χ0n) is 33.5. The molecule has 6 rings (SSSR count). The van der Waals surface area contributed by atoms with E-state index < -0.39 is 11.9 Å². The van der Waals surface area contributed by atoms with Crippen molar-refractivity contribution in [3.63, 3.8) is 0 Å². The van der Waals surface area contributed by atoms with Crippen LogP contribution in [0.25, 0.3) is 11.1 Å². The van der Waals surface area contributed by atoms with E-state index in [1.807, 2.05) is 0 Å². The number of rotatable bonds is 14. The molecule has 4 aromatic carbocycles. The van der Waals surface area contributed by atoms with Gasteiger partial charge >= 0.3 is 11.9 Å². The van der Waals surface area contributed by atoms with E-state index in [4.69, 9.17) is 33.2 Å². The molecule has 0 fully saturated rings. The predicted octanol–water partition coefficient (Wildman–Crippen LogP) is 8.10. The van der Waals surface area contributed by atoms with Gasteiger partial charge in [0.05, 0.1) is 56.4 Å². The summed E-state index contributed by atoms with van der Waals surface area (Å²) in [5.74, 6) is 1.22. The van der Waals surface area contributed by atoms with Gasteiger partial charge in [0.2, 0.25) is 23.5 Å². The summed E-state index contributed by atoms with van der Waals surface area (Å²) < 4.78 is 38.0. The molecule has 0 N–H and O–H groups in total. The summed E-state index contributed by atoms with van der Waals surface area (Å²) in [4.78, 5) is 42.5. The fraction of sp³-hybridized carbons (Fsp3) is 0.111. The van der Waals surface area contributed by atoms with Crippen LogP contribution in [0.5, 0.6) is 46.5 Å². The third-order valence-electron chi connectivity index (χ3n) is 7.90. The van der Waals surface area contributed by atoms with Crippen molar-refractivity contribution in [3.05, 3.63) is 157 Å². The molecule has 0 bridgehead atoms. The Bertz CT molecular complexity index is 2630. The molecular formula is C45H37N7O9. The summed E-state index contributed by atoms with van der Waals surface area (Å²) in [6, 6.07) is 34.6. The second-order valence-corrected chi connectivity index (χ2v) is 12.3. The summed E-state index contributed by atoms with van der Waals surface area (Å²) >= 11 is 0. The van der Waals surface area contributed by atoms with Crippen LogP contribution in [0.15, 0.2) is 134 Å². The zero-order chi connectivity index (χ0) is 43.6. The Balaban J connectivity index is 0.000000231. The van der Waals surface area contributed by atoms with E-state index >= 15 is 0 Å².